The van der Waals surface area contributed by atoms with Gasteiger partial charge in [-0.25, -0.2) is 0 Å². The molecule has 0 saturated heterocycles. The van der Waals surface area contributed by atoms with E-state index in [0.717, 1.165) is 12.8 Å². The van der Waals surface area contributed by atoms with Crippen molar-refractivity contribution in [3.8, 4) is 0 Å². The highest BCUT2D eigenvalue weighted by Gasteiger charge is 2.27. The summed E-state index contributed by atoms with van der Waals surface area (Å²) in [6.07, 6.45) is 1.47. The van der Waals surface area contributed by atoms with Crippen LogP contribution in [0.25, 0.3) is 0 Å². The van der Waals surface area contributed by atoms with Gasteiger partial charge in [-0.05, 0) is 24.5 Å². The van der Waals surface area contributed by atoms with E-state index in [1.807, 2.05) is 0 Å². The predicted octanol–water partition coefficient (Wildman–Crippen LogP) is 0.722. The van der Waals surface area contributed by atoms with E-state index >= 15 is 0 Å². The van der Waals surface area contributed by atoms with Gasteiger partial charge in [-0.3, -0.25) is 9.52 Å². The van der Waals surface area contributed by atoms with Gasteiger partial charge in [0.05, 0.1) is 12.1 Å². The lowest BCUT2D eigenvalue weighted by Crippen LogP contribution is -2.32. The van der Waals surface area contributed by atoms with Gasteiger partial charge in [0.2, 0.25) is 0 Å². The maximum absolute atomic E-state index is 11.7. The molecule has 1 aliphatic rings. The van der Waals surface area contributed by atoms with Crippen molar-refractivity contribution in [2.24, 2.45) is 0 Å². The van der Waals surface area contributed by atoms with E-state index in [0.29, 0.717) is 11.3 Å². The Morgan fingerprint density at radius 1 is 1.33 bits per heavy atom. The number of hydrogen-bond acceptors (Lipinski definition) is 3. The van der Waals surface area contributed by atoms with Crippen LogP contribution in [0, 0.1) is 0 Å². The summed E-state index contributed by atoms with van der Waals surface area (Å²) in [6.45, 7) is 0. The minimum absolute atomic E-state index is 0.00846. The van der Waals surface area contributed by atoms with Gasteiger partial charge in [0.15, 0.2) is 0 Å². The highest BCUT2D eigenvalue weighted by molar-refractivity contribution is 7.90. The number of rotatable bonds is 6. The van der Waals surface area contributed by atoms with E-state index in [9.17, 15) is 13.2 Å². The van der Waals surface area contributed by atoms with Crippen molar-refractivity contribution in [2.45, 2.75) is 25.3 Å². The molecule has 0 radical (unpaired) electrons. The van der Waals surface area contributed by atoms with Crippen LogP contribution in [0.3, 0.4) is 0 Å². The Morgan fingerprint density at radius 2 is 2.00 bits per heavy atom. The zero-order chi connectivity index (χ0) is 13.2. The fraction of sp³-hybridized carbons (Fsp3) is 0.364. The second-order valence-corrected chi connectivity index (χ2v) is 5.67. The van der Waals surface area contributed by atoms with Gasteiger partial charge < -0.3 is 5.11 Å². The molecule has 0 aromatic heterocycles. The van der Waals surface area contributed by atoms with Crippen LogP contribution in [-0.2, 0) is 21.4 Å². The topological polar surface area (TPSA) is 95.5 Å². The number of hydrogen-bond donors (Lipinski definition) is 3. The summed E-state index contributed by atoms with van der Waals surface area (Å²) in [7, 11) is -3.62. The van der Waals surface area contributed by atoms with Crippen molar-refractivity contribution < 1.29 is 18.3 Å². The SMILES string of the molecule is O=C(O)Cc1ccccc1NS(=O)(=O)NC1CC1. The van der Waals surface area contributed by atoms with Gasteiger partial charge in [0, 0.05) is 6.04 Å². The van der Waals surface area contributed by atoms with Crippen LogP contribution >= 0.6 is 0 Å². The van der Waals surface area contributed by atoms with Crippen molar-refractivity contribution in [1.82, 2.24) is 4.72 Å². The molecule has 6 nitrogen and oxygen atoms in total. The van der Waals surface area contributed by atoms with E-state index in [-0.39, 0.29) is 12.5 Å². The normalized spacial score (nSPS) is 15.3. The largest absolute Gasteiger partial charge is 0.481 e. The highest BCUT2D eigenvalue weighted by atomic mass is 32.2. The summed E-state index contributed by atoms with van der Waals surface area (Å²) in [6, 6.07) is 6.47. The van der Waals surface area contributed by atoms with E-state index in [4.69, 9.17) is 5.11 Å². The number of carbonyl (C=O) groups is 1. The molecule has 0 spiro atoms. The Kier molecular flexibility index (Phi) is 3.53. The van der Waals surface area contributed by atoms with E-state index in [1.54, 1.807) is 24.3 Å². The van der Waals surface area contributed by atoms with Gasteiger partial charge in [0.25, 0.3) is 10.2 Å². The quantitative estimate of drug-likeness (QED) is 0.710. The number of nitrogens with one attached hydrogen (secondary N) is 2. The molecule has 0 amide bonds. The average Bonchev–Trinajstić information content (AvgIpc) is 3.03. The molecule has 7 heteroatoms. The van der Waals surface area contributed by atoms with Crippen LogP contribution in [0.15, 0.2) is 24.3 Å². The Balaban J connectivity index is 2.14. The van der Waals surface area contributed by atoms with Gasteiger partial charge >= 0.3 is 5.97 Å². The lowest BCUT2D eigenvalue weighted by atomic mass is 10.1. The standard InChI is InChI=1S/C11H14N2O4S/c14-11(15)7-8-3-1-2-4-10(8)13-18(16,17)12-9-5-6-9/h1-4,9,12-13H,5-7H2,(H,14,15). The van der Waals surface area contributed by atoms with Crippen LogP contribution in [0.4, 0.5) is 5.69 Å². The third-order valence-corrected chi connectivity index (χ3v) is 3.63. The van der Waals surface area contributed by atoms with Crippen molar-refractivity contribution in [1.29, 1.82) is 0 Å². The lowest BCUT2D eigenvalue weighted by Gasteiger charge is -2.11. The van der Waals surface area contributed by atoms with E-state index < -0.39 is 16.2 Å². The summed E-state index contributed by atoms with van der Waals surface area (Å²) < 4.78 is 28.3. The van der Waals surface area contributed by atoms with Gasteiger partial charge in [-0.2, -0.15) is 13.1 Å². The van der Waals surface area contributed by atoms with E-state index in [2.05, 4.69) is 9.44 Å². The van der Waals surface area contributed by atoms with Crippen LogP contribution in [0.1, 0.15) is 18.4 Å². The Labute approximate surface area is 105 Å². The molecular weight excluding hydrogens is 256 g/mol. The van der Waals surface area contributed by atoms with Crippen LogP contribution in [0.5, 0.6) is 0 Å². The van der Waals surface area contributed by atoms with Crippen molar-refractivity contribution in [3.05, 3.63) is 29.8 Å². The summed E-state index contributed by atoms with van der Waals surface area (Å²) >= 11 is 0. The fourth-order valence-electron chi connectivity index (χ4n) is 1.53. The van der Waals surface area contributed by atoms with Crippen LogP contribution in [0.2, 0.25) is 0 Å². The number of carboxylic acid groups (broad SMARTS) is 1. The molecule has 3 N–H and O–H groups in total. The molecule has 1 fully saturated rings. The molecule has 0 bridgehead atoms. The molecule has 98 valence electrons. The first-order chi connectivity index (χ1) is 8.46. The third kappa shape index (κ3) is 3.71. The monoisotopic (exact) mass is 270 g/mol. The molecular formula is C11H14N2O4S. The van der Waals surface area contributed by atoms with Gasteiger partial charge in [-0.1, -0.05) is 18.2 Å². The van der Waals surface area contributed by atoms with Crippen molar-refractivity contribution in [3.63, 3.8) is 0 Å². The van der Waals surface area contributed by atoms with Crippen LogP contribution < -0.4 is 9.44 Å². The average molecular weight is 270 g/mol. The zero-order valence-corrected chi connectivity index (χ0v) is 10.4. The van der Waals surface area contributed by atoms with Gasteiger partial charge in [0.1, 0.15) is 0 Å². The second kappa shape index (κ2) is 4.95. The number of aliphatic carboxylic acids is 1. The smallest absolute Gasteiger partial charge is 0.307 e. The number of anilines is 1. The van der Waals surface area contributed by atoms with Crippen molar-refractivity contribution >= 4 is 21.9 Å². The first-order valence-corrected chi connectivity index (χ1v) is 7.04. The molecule has 2 rings (SSSR count). The predicted molar refractivity (Wildman–Crippen MR) is 66.5 cm³/mol. The first kappa shape index (κ1) is 12.8. The molecule has 0 atom stereocenters. The summed E-state index contributed by atoms with van der Waals surface area (Å²) in [4.78, 5) is 10.7. The molecule has 0 heterocycles. The summed E-state index contributed by atoms with van der Waals surface area (Å²) in [5.74, 6) is -1.00. The zero-order valence-electron chi connectivity index (χ0n) is 9.59. The first-order valence-electron chi connectivity index (χ1n) is 5.56. The minimum atomic E-state index is -3.62. The molecule has 1 aliphatic carbocycles. The maximum atomic E-state index is 11.7. The minimum Gasteiger partial charge on any atom is -0.481 e. The molecule has 1 saturated carbocycles. The van der Waals surface area contributed by atoms with Crippen molar-refractivity contribution in [2.75, 3.05) is 4.72 Å². The summed E-state index contributed by atoms with van der Waals surface area (Å²) in [5.41, 5.74) is 0.735. The third-order valence-electron chi connectivity index (χ3n) is 2.50. The lowest BCUT2D eigenvalue weighted by molar-refractivity contribution is -0.136. The Hall–Kier alpha value is -1.60. The molecule has 1 aromatic rings. The number of carboxylic acids is 1. The highest BCUT2D eigenvalue weighted by Crippen LogP contribution is 2.21. The number of para-hydroxylation sites is 1. The fourth-order valence-corrected chi connectivity index (χ4v) is 2.75. The second-order valence-electron chi connectivity index (χ2n) is 4.23. The Bertz CT molecular complexity index is 552. The molecule has 0 aliphatic heterocycles. The van der Waals surface area contributed by atoms with E-state index in [1.165, 1.54) is 0 Å². The summed E-state index contributed by atoms with van der Waals surface area (Å²) in [5, 5.41) is 8.75. The number of benzene rings is 1. The van der Waals surface area contributed by atoms with Gasteiger partial charge in [-0.15, -0.1) is 0 Å². The molecule has 1 aromatic carbocycles. The molecule has 18 heavy (non-hydrogen) atoms. The van der Waals surface area contributed by atoms with Crippen LogP contribution in [-0.4, -0.2) is 25.5 Å². The molecule has 0 unspecified atom stereocenters. The maximum Gasteiger partial charge on any atom is 0.307 e. The Morgan fingerprint density at radius 3 is 2.61 bits per heavy atom.